The third-order valence-corrected chi connectivity index (χ3v) is 5.83. The summed E-state index contributed by atoms with van der Waals surface area (Å²) < 4.78 is 6.41. The lowest BCUT2D eigenvalue weighted by Crippen LogP contribution is -2.28. The summed E-state index contributed by atoms with van der Waals surface area (Å²) in [5.41, 5.74) is 2.56. The van der Waals surface area contributed by atoms with Crippen LogP contribution in [0, 0.1) is 6.92 Å². The van der Waals surface area contributed by atoms with Gasteiger partial charge in [0.25, 0.3) is 5.91 Å². The van der Waals surface area contributed by atoms with Crippen molar-refractivity contribution in [3.8, 4) is 0 Å². The molecule has 0 saturated carbocycles. The highest BCUT2D eigenvalue weighted by molar-refractivity contribution is 7.99. The maximum absolute atomic E-state index is 12.5. The van der Waals surface area contributed by atoms with Crippen molar-refractivity contribution in [3.05, 3.63) is 71.0 Å². The van der Waals surface area contributed by atoms with E-state index in [9.17, 15) is 14.4 Å². The highest BCUT2D eigenvalue weighted by Gasteiger charge is 2.19. The molecule has 33 heavy (non-hydrogen) atoms. The number of amides is 2. The van der Waals surface area contributed by atoms with Gasteiger partial charge >= 0.3 is 5.97 Å². The first kappa shape index (κ1) is 24.0. The van der Waals surface area contributed by atoms with Gasteiger partial charge in [-0.15, -0.1) is 10.2 Å². The fourth-order valence-electron chi connectivity index (χ4n) is 3.09. The number of nitrogens with one attached hydrogen (secondary N) is 2. The van der Waals surface area contributed by atoms with Crippen molar-refractivity contribution < 1.29 is 19.1 Å². The molecule has 0 unspecified atom stereocenters. The fourth-order valence-corrected chi connectivity index (χ4v) is 3.81. The van der Waals surface area contributed by atoms with Crippen LogP contribution in [0.25, 0.3) is 0 Å². The van der Waals surface area contributed by atoms with Crippen LogP contribution in [0.4, 0.5) is 5.69 Å². The average Bonchev–Trinajstić information content (AvgIpc) is 3.18. The van der Waals surface area contributed by atoms with Crippen LogP contribution in [0.5, 0.6) is 0 Å². The summed E-state index contributed by atoms with van der Waals surface area (Å²) in [6, 6.07) is 13.4. The third kappa shape index (κ3) is 6.19. The van der Waals surface area contributed by atoms with Crippen molar-refractivity contribution >= 4 is 35.2 Å². The highest BCUT2D eigenvalue weighted by Crippen LogP contribution is 2.20. The average molecular weight is 468 g/mol. The van der Waals surface area contributed by atoms with Gasteiger partial charge in [0.05, 0.1) is 24.5 Å². The lowest BCUT2D eigenvalue weighted by molar-refractivity contribution is -0.113. The fraction of sp³-hybridized carbons (Fsp3) is 0.261. The summed E-state index contributed by atoms with van der Waals surface area (Å²) in [7, 11) is 3.10. The number of hydrogen-bond donors (Lipinski definition) is 2. The van der Waals surface area contributed by atoms with Gasteiger partial charge in [-0.25, -0.2) is 4.79 Å². The predicted molar refractivity (Wildman–Crippen MR) is 125 cm³/mol. The zero-order valence-electron chi connectivity index (χ0n) is 18.8. The minimum absolute atomic E-state index is 0.120. The van der Waals surface area contributed by atoms with Crippen molar-refractivity contribution in [1.82, 2.24) is 20.1 Å². The van der Waals surface area contributed by atoms with Crippen molar-refractivity contribution in [3.63, 3.8) is 0 Å². The Balaban J connectivity index is 1.55. The summed E-state index contributed by atoms with van der Waals surface area (Å²) in [6.07, 6.45) is 0. The second kappa shape index (κ2) is 10.8. The molecule has 3 aromatic rings. The van der Waals surface area contributed by atoms with E-state index >= 15 is 0 Å². The molecular weight excluding hydrogens is 442 g/mol. The Bertz CT molecular complexity index is 1160. The number of ether oxygens (including phenoxy) is 1. The van der Waals surface area contributed by atoms with E-state index in [1.165, 1.54) is 18.9 Å². The van der Waals surface area contributed by atoms with Crippen molar-refractivity contribution in [2.75, 3.05) is 18.2 Å². The molecule has 0 aliphatic rings. The zero-order chi connectivity index (χ0) is 24.0. The van der Waals surface area contributed by atoms with Gasteiger partial charge < -0.3 is 19.9 Å². The quantitative estimate of drug-likeness (QED) is 0.386. The van der Waals surface area contributed by atoms with Gasteiger partial charge in [0, 0.05) is 18.3 Å². The van der Waals surface area contributed by atoms with Gasteiger partial charge in [-0.05, 0) is 50.2 Å². The normalized spacial score (nSPS) is 11.5. The molecule has 0 aliphatic heterocycles. The number of carbonyl (C=O) groups is 3. The second-order valence-corrected chi connectivity index (χ2v) is 8.31. The van der Waals surface area contributed by atoms with E-state index in [4.69, 9.17) is 0 Å². The van der Waals surface area contributed by atoms with Crippen molar-refractivity contribution in [2.45, 2.75) is 25.0 Å². The second-order valence-electron chi connectivity index (χ2n) is 7.37. The van der Waals surface area contributed by atoms with E-state index in [1.54, 1.807) is 41.9 Å². The minimum Gasteiger partial charge on any atom is -0.465 e. The van der Waals surface area contributed by atoms with Crippen LogP contribution >= 0.6 is 11.8 Å². The highest BCUT2D eigenvalue weighted by atomic mass is 32.2. The molecule has 0 bridgehead atoms. The summed E-state index contributed by atoms with van der Waals surface area (Å²) in [5.74, 6) is -0.158. The third-order valence-electron chi connectivity index (χ3n) is 4.81. The van der Waals surface area contributed by atoms with Crippen molar-refractivity contribution in [2.24, 2.45) is 7.05 Å². The van der Waals surface area contributed by atoms with E-state index < -0.39 is 5.97 Å². The zero-order valence-corrected chi connectivity index (χ0v) is 19.6. The number of aromatic nitrogens is 3. The van der Waals surface area contributed by atoms with Crippen LogP contribution in [-0.2, 0) is 16.6 Å². The number of nitrogens with zero attached hydrogens (tertiary/aromatic N) is 3. The molecule has 2 aromatic carbocycles. The van der Waals surface area contributed by atoms with Gasteiger partial charge in [0.15, 0.2) is 11.0 Å². The van der Waals surface area contributed by atoms with Crippen LogP contribution in [0.3, 0.4) is 0 Å². The first-order chi connectivity index (χ1) is 15.8. The Morgan fingerprint density at radius 2 is 1.82 bits per heavy atom. The largest absolute Gasteiger partial charge is 0.465 e. The first-order valence-electron chi connectivity index (χ1n) is 10.2. The number of methoxy groups -OCH3 is 1. The molecule has 0 radical (unpaired) electrons. The van der Waals surface area contributed by atoms with Gasteiger partial charge in [0.2, 0.25) is 5.91 Å². The Kier molecular flexibility index (Phi) is 7.83. The molecule has 3 rings (SSSR count). The Labute approximate surface area is 195 Å². The number of carbonyl (C=O) groups excluding carboxylic acids is 3. The van der Waals surface area contributed by atoms with E-state index in [0.29, 0.717) is 27.8 Å². The Morgan fingerprint density at radius 1 is 1.09 bits per heavy atom. The molecule has 2 N–H and O–H groups in total. The maximum Gasteiger partial charge on any atom is 0.337 e. The van der Waals surface area contributed by atoms with Crippen LogP contribution in [0.2, 0.25) is 0 Å². The lowest BCUT2D eigenvalue weighted by Gasteiger charge is -2.14. The van der Waals surface area contributed by atoms with Gasteiger partial charge in [-0.2, -0.15) is 0 Å². The monoisotopic (exact) mass is 467 g/mol. The molecule has 2 amide bonds. The van der Waals surface area contributed by atoms with Crippen LogP contribution in [0.1, 0.15) is 45.1 Å². The van der Waals surface area contributed by atoms with Crippen LogP contribution in [-0.4, -0.2) is 45.4 Å². The number of benzene rings is 2. The van der Waals surface area contributed by atoms with Crippen LogP contribution in [0.15, 0.2) is 53.7 Å². The van der Waals surface area contributed by atoms with Crippen molar-refractivity contribution in [1.29, 1.82) is 0 Å². The maximum atomic E-state index is 12.5. The number of anilines is 1. The topological polar surface area (TPSA) is 115 Å². The molecule has 0 saturated heterocycles. The smallest absolute Gasteiger partial charge is 0.337 e. The number of rotatable bonds is 8. The summed E-state index contributed by atoms with van der Waals surface area (Å²) in [4.78, 5) is 36.3. The molecule has 10 heteroatoms. The van der Waals surface area contributed by atoms with Gasteiger partial charge in [0.1, 0.15) is 0 Å². The molecule has 0 fully saturated rings. The van der Waals surface area contributed by atoms with Gasteiger partial charge in [-0.1, -0.05) is 29.5 Å². The van der Waals surface area contributed by atoms with Crippen LogP contribution < -0.4 is 10.6 Å². The molecule has 172 valence electrons. The Morgan fingerprint density at radius 3 is 2.48 bits per heavy atom. The molecule has 0 aliphatic carbocycles. The lowest BCUT2D eigenvalue weighted by atomic mass is 10.1. The molecule has 1 atom stereocenters. The number of thioether (sulfide) groups is 1. The number of esters is 1. The van der Waals surface area contributed by atoms with E-state index in [2.05, 4.69) is 25.6 Å². The summed E-state index contributed by atoms with van der Waals surface area (Å²) in [6.45, 7) is 3.76. The standard InChI is InChI=1S/C23H25N5O4S/c1-14-6-5-7-17(12-14)21(30)24-15(2)20-26-27-23(28(20)3)33-13-19(29)25-18-10-8-16(9-11-18)22(31)32-4/h5-12,15H,13H2,1-4H3,(H,24,30)(H,25,29)/t15-/m1/s1. The summed E-state index contributed by atoms with van der Waals surface area (Å²) in [5, 5.41) is 14.6. The van der Waals surface area contributed by atoms with E-state index in [0.717, 1.165) is 5.56 Å². The molecular formula is C23H25N5O4S. The first-order valence-corrected chi connectivity index (χ1v) is 11.1. The van der Waals surface area contributed by atoms with Gasteiger partial charge in [-0.3, -0.25) is 9.59 Å². The Hall–Kier alpha value is -3.66. The minimum atomic E-state index is -0.439. The summed E-state index contributed by atoms with van der Waals surface area (Å²) >= 11 is 1.23. The molecule has 9 nitrogen and oxygen atoms in total. The number of aryl methyl sites for hydroxylation is 1. The molecule has 0 spiro atoms. The number of hydrogen-bond acceptors (Lipinski definition) is 7. The predicted octanol–water partition coefficient (Wildman–Crippen LogP) is 3.13. The molecule has 1 aromatic heterocycles. The molecule has 1 heterocycles. The van der Waals surface area contributed by atoms with E-state index in [-0.39, 0.29) is 23.6 Å². The SMILES string of the molecule is COC(=O)c1ccc(NC(=O)CSc2nnc([C@@H](C)NC(=O)c3cccc(C)c3)n2C)cc1. The van der Waals surface area contributed by atoms with E-state index in [1.807, 2.05) is 32.0 Å².